The molecule has 0 aromatic heterocycles. The van der Waals surface area contributed by atoms with E-state index in [1.807, 2.05) is 37.4 Å². The summed E-state index contributed by atoms with van der Waals surface area (Å²) in [6, 6.07) is 13.5. The van der Waals surface area contributed by atoms with E-state index in [2.05, 4.69) is 18.3 Å². The first-order chi connectivity index (χ1) is 11.5. The summed E-state index contributed by atoms with van der Waals surface area (Å²) in [7, 11) is 3.61. The molecular weight excluding hydrogens is 324 g/mol. The van der Waals surface area contributed by atoms with Gasteiger partial charge in [0.15, 0.2) is 6.54 Å². The molecule has 5 heteroatoms. The van der Waals surface area contributed by atoms with E-state index in [0.717, 1.165) is 28.3 Å². The third-order valence-electron chi connectivity index (χ3n) is 3.82. The summed E-state index contributed by atoms with van der Waals surface area (Å²) in [5, 5.41) is 3.62. The molecule has 0 aliphatic carbocycles. The first kappa shape index (κ1) is 18.3. The summed E-state index contributed by atoms with van der Waals surface area (Å²) < 4.78 is 5.35. The van der Waals surface area contributed by atoms with Gasteiger partial charge in [-0.05, 0) is 42.3 Å². The number of carbonyl (C=O) groups excluding carboxylic acids is 1. The van der Waals surface area contributed by atoms with Crippen LogP contribution in [0.15, 0.2) is 42.5 Å². The number of aryl methyl sites for hydroxylation is 1. The predicted molar refractivity (Wildman–Crippen MR) is 97.9 cm³/mol. The largest absolute Gasteiger partial charge is 0.496 e. The van der Waals surface area contributed by atoms with Gasteiger partial charge in [-0.25, -0.2) is 0 Å². The molecule has 2 aromatic rings. The van der Waals surface area contributed by atoms with E-state index in [-0.39, 0.29) is 5.91 Å². The van der Waals surface area contributed by atoms with Gasteiger partial charge >= 0.3 is 0 Å². The number of anilines is 1. The van der Waals surface area contributed by atoms with Crippen LogP contribution in [-0.4, -0.2) is 26.6 Å². The number of rotatable bonds is 7. The Morgan fingerprint density at radius 1 is 1.25 bits per heavy atom. The van der Waals surface area contributed by atoms with Crippen molar-refractivity contribution in [2.45, 2.75) is 19.9 Å². The van der Waals surface area contributed by atoms with Crippen molar-refractivity contribution in [3.05, 3.63) is 58.6 Å². The van der Waals surface area contributed by atoms with Crippen LogP contribution in [0.4, 0.5) is 5.69 Å². The molecule has 24 heavy (non-hydrogen) atoms. The number of hydrogen-bond donors (Lipinski definition) is 2. The molecule has 1 unspecified atom stereocenters. The molecule has 0 radical (unpaired) electrons. The number of amides is 1. The lowest BCUT2D eigenvalue weighted by Gasteiger charge is -2.16. The first-order valence-corrected chi connectivity index (χ1v) is 8.42. The molecule has 128 valence electrons. The van der Waals surface area contributed by atoms with Gasteiger partial charge in [0.2, 0.25) is 0 Å². The first-order valence-electron chi connectivity index (χ1n) is 8.04. The maximum absolute atomic E-state index is 12.2. The van der Waals surface area contributed by atoms with Gasteiger partial charge in [0, 0.05) is 16.3 Å². The van der Waals surface area contributed by atoms with E-state index in [9.17, 15) is 4.79 Å². The number of carbonyl (C=O) groups is 1. The molecule has 0 saturated carbocycles. The number of benzene rings is 2. The van der Waals surface area contributed by atoms with Gasteiger partial charge in [-0.15, -0.1) is 0 Å². The molecule has 0 fully saturated rings. The Balaban J connectivity index is 1.95. The highest BCUT2D eigenvalue weighted by atomic mass is 35.5. The van der Waals surface area contributed by atoms with E-state index >= 15 is 0 Å². The van der Waals surface area contributed by atoms with Crippen molar-refractivity contribution in [3.8, 4) is 5.75 Å². The van der Waals surface area contributed by atoms with Crippen LogP contribution in [0.3, 0.4) is 0 Å². The van der Waals surface area contributed by atoms with Gasteiger partial charge in [-0.1, -0.05) is 30.7 Å². The molecule has 0 saturated heterocycles. The average molecular weight is 348 g/mol. The third-order valence-corrected chi connectivity index (χ3v) is 4.05. The van der Waals surface area contributed by atoms with Crippen LogP contribution in [0.1, 0.15) is 18.1 Å². The minimum absolute atomic E-state index is 0.0123. The molecule has 2 rings (SSSR count). The van der Waals surface area contributed by atoms with Crippen molar-refractivity contribution in [2.75, 3.05) is 26.0 Å². The predicted octanol–water partition coefficient (Wildman–Crippen LogP) is 2.56. The monoisotopic (exact) mass is 347 g/mol. The standard InChI is InChI=1S/C19H23ClN2O2/c1-4-14-6-5-7-17(10-14)21-19(23)13-22(2)12-15-11-16(20)8-9-18(15)24-3/h5-11H,4,12-13H2,1-3H3,(H,21,23)/p+1. The fourth-order valence-corrected chi connectivity index (χ4v) is 2.82. The van der Waals surface area contributed by atoms with Crippen molar-refractivity contribution in [2.24, 2.45) is 0 Å². The highest BCUT2D eigenvalue weighted by Gasteiger charge is 2.14. The number of halogens is 1. The number of quaternary nitrogens is 1. The molecular formula is C19H24ClN2O2+. The van der Waals surface area contributed by atoms with Gasteiger partial charge in [0.1, 0.15) is 12.3 Å². The number of hydrogen-bond acceptors (Lipinski definition) is 2. The van der Waals surface area contributed by atoms with E-state index in [1.165, 1.54) is 5.56 Å². The van der Waals surface area contributed by atoms with Crippen molar-refractivity contribution in [1.29, 1.82) is 0 Å². The Hall–Kier alpha value is -2.04. The summed E-state index contributed by atoms with van der Waals surface area (Å²) in [4.78, 5) is 13.3. The fraction of sp³-hybridized carbons (Fsp3) is 0.316. The average Bonchev–Trinajstić information content (AvgIpc) is 2.55. The van der Waals surface area contributed by atoms with Crippen LogP contribution in [-0.2, 0) is 17.8 Å². The second-order valence-corrected chi connectivity index (χ2v) is 6.31. The molecule has 0 bridgehead atoms. The Labute approximate surface area is 148 Å². The Morgan fingerprint density at radius 3 is 2.75 bits per heavy atom. The van der Waals surface area contributed by atoms with Crippen LogP contribution >= 0.6 is 11.6 Å². The Bertz CT molecular complexity index is 704. The Morgan fingerprint density at radius 2 is 2.04 bits per heavy atom. The third kappa shape index (κ3) is 5.25. The Kier molecular flexibility index (Phi) is 6.64. The number of likely N-dealkylation sites (N-methyl/N-ethyl adjacent to an activating group) is 1. The lowest BCUT2D eigenvalue weighted by atomic mass is 10.1. The van der Waals surface area contributed by atoms with Crippen LogP contribution in [0.5, 0.6) is 5.75 Å². The lowest BCUT2D eigenvalue weighted by molar-refractivity contribution is -0.885. The van der Waals surface area contributed by atoms with Gasteiger partial charge in [0.05, 0.1) is 14.2 Å². The second kappa shape index (κ2) is 8.71. The summed E-state index contributed by atoms with van der Waals surface area (Å²) in [5.74, 6) is 0.775. The molecule has 0 aliphatic heterocycles. The molecule has 2 aromatic carbocycles. The molecule has 0 spiro atoms. The maximum atomic E-state index is 12.2. The topological polar surface area (TPSA) is 42.8 Å². The molecule has 1 atom stereocenters. The summed E-state index contributed by atoms with van der Waals surface area (Å²) in [6.45, 7) is 3.12. The summed E-state index contributed by atoms with van der Waals surface area (Å²) >= 11 is 6.05. The van der Waals surface area contributed by atoms with Crippen molar-refractivity contribution >= 4 is 23.2 Å². The summed E-state index contributed by atoms with van der Waals surface area (Å²) in [6.07, 6.45) is 0.948. The van der Waals surface area contributed by atoms with Crippen LogP contribution in [0.25, 0.3) is 0 Å². The second-order valence-electron chi connectivity index (χ2n) is 5.87. The zero-order valence-corrected chi connectivity index (χ0v) is 15.1. The summed E-state index contributed by atoms with van der Waals surface area (Å²) in [5.41, 5.74) is 3.04. The van der Waals surface area contributed by atoms with Gasteiger partial charge < -0.3 is 15.0 Å². The lowest BCUT2D eigenvalue weighted by Crippen LogP contribution is -3.08. The minimum atomic E-state index is -0.0123. The van der Waals surface area contributed by atoms with Crippen LogP contribution < -0.4 is 15.0 Å². The van der Waals surface area contributed by atoms with Crippen LogP contribution in [0.2, 0.25) is 5.02 Å². The van der Waals surface area contributed by atoms with E-state index in [4.69, 9.17) is 16.3 Å². The number of nitrogens with one attached hydrogen (secondary N) is 2. The maximum Gasteiger partial charge on any atom is 0.279 e. The SMILES string of the molecule is CCc1cccc(NC(=O)C[NH+](C)Cc2cc(Cl)ccc2OC)c1. The van der Waals surface area contributed by atoms with Gasteiger partial charge in [-0.3, -0.25) is 4.79 Å². The number of ether oxygens (including phenoxy) is 1. The fourth-order valence-electron chi connectivity index (χ4n) is 2.62. The normalized spacial score (nSPS) is 11.8. The van der Waals surface area contributed by atoms with E-state index in [1.54, 1.807) is 13.2 Å². The van der Waals surface area contributed by atoms with Gasteiger partial charge in [0.25, 0.3) is 5.91 Å². The zero-order chi connectivity index (χ0) is 17.5. The molecule has 4 nitrogen and oxygen atoms in total. The van der Waals surface area contributed by atoms with E-state index in [0.29, 0.717) is 18.1 Å². The quantitative estimate of drug-likeness (QED) is 0.808. The van der Waals surface area contributed by atoms with Crippen molar-refractivity contribution in [1.82, 2.24) is 0 Å². The van der Waals surface area contributed by atoms with E-state index < -0.39 is 0 Å². The zero-order valence-electron chi connectivity index (χ0n) is 14.4. The smallest absolute Gasteiger partial charge is 0.279 e. The van der Waals surface area contributed by atoms with Crippen molar-refractivity contribution in [3.63, 3.8) is 0 Å². The van der Waals surface area contributed by atoms with Crippen LogP contribution in [0, 0.1) is 0 Å². The molecule has 0 heterocycles. The number of methoxy groups -OCH3 is 1. The van der Waals surface area contributed by atoms with Crippen molar-refractivity contribution < 1.29 is 14.4 Å². The minimum Gasteiger partial charge on any atom is -0.496 e. The molecule has 2 N–H and O–H groups in total. The highest BCUT2D eigenvalue weighted by Crippen LogP contribution is 2.21. The molecule has 0 aliphatic rings. The molecule has 1 amide bonds. The van der Waals surface area contributed by atoms with Gasteiger partial charge in [-0.2, -0.15) is 0 Å². The highest BCUT2D eigenvalue weighted by molar-refractivity contribution is 6.30.